The second-order valence-electron chi connectivity index (χ2n) is 4.46. The summed E-state index contributed by atoms with van der Waals surface area (Å²) in [7, 11) is 0. The summed E-state index contributed by atoms with van der Waals surface area (Å²) in [6.07, 6.45) is 4.54. The molecule has 0 aliphatic heterocycles. The van der Waals surface area contributed by atoms with Gasteiger partial charge in [-0.2, -0.15) is 21.5 Å². The average Bonchev–Trinajstić information content (AvgIpc) is 2.49. The second kappa shape index (κ2) is 8.11. The van der Waals surface area contributed by atoms with Gasteiger partial charge in [-0.05, 0) is 36.6 Å². The lowest BCUT2D eigenvalue weighted by molar-refractivity contribution is 0.806. The summed E-state index contributed by atoms with van der Waals surface area (Å²) >= 11 is 19.9. The smallest absolute Gasteiger partial charge is 0.292 e. The van der Waals surface area contributed by atoms with Crippen LogP contribution in [0.2, 0.25) is 15.1 Å². The number of hydrogen-bond acceptors (Lipinski definition) is 4. The van der Waals surface area contributed by atoms with Crippen LogP contribution in [0.15, 0.2) is 29.2 Å². The SMILES string of the molecule is CSCCCNc1cnn(-c2ccc(Cl)cc2Cl)c(=O)c1Cl. The molecule has 1 N–H and O–H groups in total. The number of aromatic nitrogens is 2. The van der Waals surface area contributed by atoms with E-state index in [9.17, 15) is 4.79 Å². The molecular formula is C14H14Cl3N3OS. The van der Waals surface area contributed by atoms with Crippen molar-refractivity contribution in [1.82, 2.24) is 9.78 Å². The third-order valence-corrected chi connectivity index (χ3v) is 4.50. The maximum absolute atomic E-state index is 12.3. The Bertz CT molecular complexity index is 721. The largest absolute Gasteiger partial charge is 0.382 e. The van der Waals surface area contributed by atoms with Gasteiger partial charge in [0.1, 0.15) is 5.02 Å². The van der Waals surface area contributed by atoms with E-state index in [1.54, 1.807) is 30.0 Å². The van der Waals surface area contributed by atoms with Gasteiger partial charge in [0.25, 0.3) is 5.56 Å². The summed E-state index contributed by atoms with van der Waals surface area (Å²) in [6, 6.07) is 4.81. The third-order valence-electron chi connectivity index (χ3n) is 2.90. The first-order valence-corrected chi connectivity index (χ1v) is 9.03. The van der Waals surface area contributed by atoms with Gasteiger partial charge in [-0.25, -0.2) is 0 Å². The molecule has 0 aliphatic carbocycles. The molecule has 1 aromatic heterocycles. The van der Waals surface area contributed by atoms with Crippen molar-refractivity contribution in [3.05, 3.63) is 49.8 Å². The first kappa shape index (κ1) is 17.5. The van der Waals surface area contributed by atoms with Crippen LogP contribution in [0.1, 0.15) is 6.42 Å². The van der Waals surface area contributed by atoms with E-state index in [4.69, 9.17) is 34.8 Å². The molecule has 0 saturated heterocycles. The van der Waals surface area contributed by atoms with Gasteiger partial charge in [0.15, 0.2) is 0 Å². The molecule has 22 heavy (non-hydrogen) atoms. The van der Waals surface area contributed by atoms with Gasteiger partial charge in [-0.15, -0.1) is 0 Å². The number of benzene rings is 1. The summed E-state index contributed by atoms with van der Waals surface area (Å²) in [4.78, 5) is 12.3. The maximum atomic E-state index is 12.3. The molecule has 8 heteroatoms. The highest BCUT2D eigenvalue weighted by atomic mass is 35.5. The van der Waals surface area contributed by atoms with Gasteiger partial charge in [-0.3, -0.25) is 4.79 Å². The predicted molar refractivity (Wildman–Crippen MR) is 96.4 cm³/mol. The second-order valence-corrected chi connectivity index (χ2v) is 6.67. The van der Waals surface area contributed by atoms with Crippen LogP contribution < -0.4 is 10.9 Å². The number of anilines is 1. The molecule has 2 aromatic rings. The van der Waals surface area contributed by atoms with Crippen molar-refractivity contribution in [2.75, 3.05) is 23.9 Å². The first-order chi connectivity index (χ1) is 10.5. The van der Waals surface area contributed by atoms with E-state index in [0.29, 0.717) is 21.4 Å². The fraction of sp³-hybridized carbons (Fsp3) is 0.286. The van der Waals surface area contributed by atoms with E-state index in [-0.39, 0.29) is 5.02 Å². The molecule has 1 aromatic carbocycles. The number of nitrogens with zero attached hydrogens (tertiary/aromatic N) is 2. The zero-order valence-electron chi connectivity index (χ0n) is 11.8. The normalized spacial score (nSPS) is 10.7. The highest BCUT2D eigenvalue weighted by Crippen LogP contribution is 2.24. The lowest BCUT2D eigenvalue weighted by atomic mass is 10.3. The minimum Gasteiger partial charge on any atom is -0.382 e. The van der Waals surface area contributed by atoms with E-state index in [2.05, 4.69) is 10.4 Å². The molecule has 2 rings (SSSR count). The van der Waals surface area contributed by atoms with Gasteiger partial charge in [0.05, 0.1) is 22.6 Å². The minimum absolute atomic E-state index is 0.0881. The van der Waals surface area contributed by atoms with Crippen molar-refractivity contribution in [3.8, 4) is 5.69 Å². The molecule has 4 nitrogen and oxygen atoms in total. The van der Waals surface area contributed by atoms with Gasteiger partial charge < -0.3 is 5.32 Å². The molecular weight excluding hydrogens is 365 g/mol. The lowest BCUT2D eigenvalue weighted by Gasteiger charge is -2.11. The highest BCUT2D eigenvalue weighted by molar-refractivity contribution is 7.98. The van der Waals surface area contributed by atoms with Gasteiger partial charge in [-0.1, -0.05) is 34.8 Å². The maximum Gasteiger partial charge on any atom is 0.292 e. The Kier molecular flexibility index (Phi) is 6.44. The molecule has 0 bridgehead atoms. The molecule has 0 saturated carbocycles. The standard InChI is InChI=1S/C14H14Cl3N3OS/c1-22-6-2-5-18-11-8-19-20(14(21)13(11)17)12-4-3-9(15)7-10(12)16/h3-4,7-8,18H,2,5-6H2,1H3. The van der Waals surface area contributed by atoms with Crippen LogP contribution in [0, 0.1) is 0 Å². The van der Waals surface area contributed by atoms with Crippen LogP contribution in [0.4, 0.5) is 5.69 Å². The topological polar surface area (TPSA) is 46.9 Å². The molecule has 0 radical (unpaired) electrons. The highest BCUT2D eigenvalue weighted by Gasteiger charge is 2.12. The zero-order chi connectivity index (χ0) is 16.1. The van der Waals surface area contributed by atoms with Crippen LogP contribution in [0.25, 0.3) is 5.69 Å². The Labute approximate surface area is 147 Å². The van der Waals surface area contributed by atoms with Crippen molar-refractivity contribution in [3.63, 3.8) is 0 Å². The average molecular weight is 379 g/mol. The fourth-order valence-corrected chi connectivity index (χ4v) is 2.94. The van der Waals surface area contributed by atoms with E-state index >= 15 is 0 Å². The first-order valence-electron chi connectivity index (χ1n) is 6.50. The number of thioether (sulfide) groups is 1. The molecule has 0 aliphatic rings. The van der Waals surface area contributed by atoms with Crippen molar-refractivity contribution in [1.29, 1.82) is 0 Å². The van der Waals surface area contributed by atoms with E-state index in [0.717, 1.165) is 23.4 Å². The number of hydrogen-bond donors (Lipinski definition) is 1. The van der Waals surface area contributed by atoms with Crippen molar-refractivity contribution < 1.29 is 0 Å². The van der Waals surface area contributed by atoms with Crippen LogP contribution in [0.3, 0.4) is 0 Å². The molecule has 0 atom stereocenters. The molecule has 0 unspecified atom stereocenters. The predicted octanol–water partition coefficient (Wildman–Crippen LogP) is 4.36. The van der Waals surface area contributed by atoms with Crippen LogP contribution in [-0.2, 0) is 0 Å². The quantitative estimate of drug-likeness (QED) is 0.759. The molecule has 1 heterocycles. The van der Waals surface area contributed by atoms with Crippen molar-refractivity contribution in [2.45, 2.75) is 6.42 Å². The zero-order valence-corrected chi connectivity index (χ0v) is 14.9. The fourth-order valence-electron chi connectivity index (χ4n) is 1.82. The Morgan fingerprint density at radius 1 is 1.32 bits per heavy atom. The van der Waals surface area contributed by atoms with E-state index in [1.807, 2.05) is 6.26 Å². The van der Waals surface area contributed by atoms with E-state index < -0.39 is 5.56 Å². The van der Waals surface area contributed by atoms with Crippen LogP contribution in [-0.4, -0.2) is 28.3 Å². The van der Waals surface area contributed by atoms with Crippen LogP contribution >= 0.6 is 46.6 Å². The Morgan fingerprint density at radius 2 is 2.09 bits per heavy atom. The van der Waals surface area contributed by atoms with Crippen molar-refractivity contribution >= 4 is 52.3 Å². The summed E-state index contributed by atoms with van der Waals surface area (Å²) in [6.45, 7) is 0.730. The Hall–Kier alpha value is -0.880. The molecule has 118 valence electrons. The molecule has 0 amide bonds. The van der Waals surface area contributed by atoms with Gasteiger partial charge in [0, 0.05) is 11.6 Å². The summed E-state index contributed by atoms with van der Waals surface area (Å²) in [5.41, 5.74) is 0.529. The number of nitrogens with one attached hydrogen (secondary N) is 1. The van der Waals surface area contributed by atoms with Gasteiger partial charge >= 0.3 is 0 Å². The number of rotatable bonds is 6. The monoisotopic (exact) mass is 377 g/mol. The molecule has 0 fully saturated rings. The minimum atomic E-state index is -0.430. The van der Waals surface area contributed by atoms with Gasteiger partial charge in [0.2, 0.25) is 0 Å². The summed E-state index contributed by atoms with van der Waals surface area (Å²) < 4.78 is 1.16. The summed E-state index contributed by atoms with van der Waals surface area (Å²) in [5.74, 6) is 1.04. The van der Waals surface area contributed by atoms with E-state index in [1.165, 1.54) is 6.20 Å². The Morgan fingerprint density at radius 3 is 2.77 bits per heavy atom. The van der Waals surface area contributed by atoms with Crippen LogP contribution in [0.5, 0.6) is 0 Å². The molecule has 0 spiro atoms. The summed E-state index contributed by atoms with van der Waals surface area (Å²) in [5, 5.41) is 8.15. The third kappa shape index (κ3) is 4.10. The van der Waals surface area contributed by atoms with Crippen molar-refractivity contribution in [2.24, 2.45) is 0 Å². The number of halogens is 3. The lowest BCUT2D eigenvalue weighted by Crippen LogP contribution is -2.23. The Balaban J connectivity index is 2.28.